The number of allylic oxidation sites excluding steroid dienone is 3. The monoisotopic (exact) mass is 370 g/mol. The van der Waals surface area contributed by atoms with Crippen LogP contribution in [0.15, 0.2) is 23.3 Å². The number of hydrogen-bond acceptors (Lipinski definition) is 5. The Morgan fingerprint density at radius 2 is 1.58 bits per heavy atom. The lowest BCUT2D eigenvalue weighted by atomic mass is 9.98. The van der Waals surface area contributed by atoms with E-state index in [9.17, 15) is 14.7 Å². The first-order chi connectivity index (χ1) is 12.0. The second-order valence-electron chi connectivity index (χ2n) is 7.21. The van der Waals surface area contributed by atoms with Gasteiger partial charge in [-0.3, -0.25) is 9.59 Å². The molecule has 5 heteroatoms. The van der Waals surface area contributed by atoms with Gasteiger partial charge in [0.1, 0.15) is 5.78 Å². The van der Waals surface area contributed by atoms with Crippen LogP contribution in [0.4, 0.5) is 0 Å². The van der Waals surface area contributed by atoms with Crippen LogP contribution < -0.4 is 0 Å². The number of methoxy groups -OCH3 is 1. The van der Waals surface area contributed by atoms with Gasteiger partial charge in [-0.1, -0.05) is 37.1 Å². The van der Waals surface area contributed by atoms with E-state index in [2.05, 4.69) is 4.74 Å². The molecule has 0 bridgehead atoms. The molecule has 0 aliphatic rings. The Bertz CT molecular complexity index is 457. The predicted molar refractivity (Wildman–Crippen MR) is 106 cm³/mol. The van der Waals surface area contributed by atoms with Crippen LogP contribution in [0.5, 0.6) is 0 Å². The van der Waals surface area contributed by atoms with E-state index in [1.54, 1.807) is 6.92 Å². The summed E-state index contributed by atoms with van der Waals surface area (Å²) in [7, 11) is 1.33. The van der Waals surface area contributed by atoms with Crippen molar-refractivity contribution < 1.29 is 24.5 Å². The van der Waals surface area contributed by atoms with E-state index in [-0.39, 0.29) is 42.7 Å². The number of Topliss-reactive ketones (excluding diaryl/α,β-unsaturated/α-hetero) is 1. The number of ether oxygens (including phenoxy) is 1. The Labute approximate surface area is 159 Å². The van der Waals surface area contributed by atoms with Gasteiger partial charge in [0.05, 0.1) is 19.6 Å². The Morgan fingerprint density at radius 1 is 1.04 bits per heavy atom. The number of aliphatic hydroxyl groups excluding tert-OH is 2. The van der Waals surface area contributed by atoms with E-state index in [1.807, 2.05) is 46.8 Å². The number of carbonyl (C=O) groups is 2. The number of carbonyl (C=O) groups excluding carboxylic acids is 2. The second-order valence-corrected chi connectivity index (χ2v) is 7.21. The average Bonchev–Trinajstić information content (AvgIpc) is 2.57. The van der Waals surface area contributed by atoms with Gasteiger partial charge in [0, 0.05) is 18.9 Å². The lowest BCUT2D eigenvalue weighted by Gasteiger charge is -2.15. The fourth-order valence-electron chi connectivity index (χ4n) is 1.94. The second kappa shape index (κ2) is 15.8. The highest BCUT2D eigenvalue weighted by Crippen LogP contribution is 2.12. The quantitative estimate of drug-likeness (QED) is 0.451. The van der Waals surface area contributed by atoms with Crippen molar-refractivity contribution in [3.8, 4) is 0 Å². The maximum Gasteiger partial charge on any atom is 0.306 e. The van der Waals surface area contributed by atoms with Crippen molar-refractivity contribution in [1.82, 2.24) is 0 Å². The zero-order valence-corrected chi connectivity index (χ0v) is 17.5. The summed E-state index contributed by atoms with van der Waals surface area (Å²) in [5.74, 6) is -0.316. The number of aliphatic hydroxyl groups is 2. The Morgan fingerprint density at radius 3 is 2.00 bits per heavy atom. The normalized spacial score (nSPS) is 13.4. The number of rotatable bonds is 10. The summed E-state index contributed by atoms with van der Waals surface area (Å²) in [5, 5.41) is 18.2. The topological polar surface area (TPSA) is 83.8 Å². The summed E-state index contributed by atoms with van der Waals surface area (Å²) in [5.41, 5.74) is 2.34. The molecule has 2 N–H and O–H groups in total. The third-order valence-electron chi connectivity index (χ3n) is 3.97. The molecule has 3 unspecified atom stereocenters. The van der Waals surface area contributed by atoms with Crippen molar-refractivity contribution in [1.29, 1.82) is 0 Å². The van der Waals surface area contributed by atoms with Crippen LogP contribution in [0.2, 0.25) is 0 Å². The molecule has 0 aromatic rings. The molecule has 0 heterocycles. The van der Waals surface area contributed by atoms with Crippen molar-refractivity contribution in [3.63, 3.8) is 0 Å². The van der Waals surface area contributed by atoms with E-state index in [0.717, 1.165) is 5.57 Å². The van der Waals surface area contributed by atoms with Crippen molar-refractivity contribution >= 4 is 11.8 Å². The van der Waals surface area contributed by atoms with Crippen LogP contribution >= 0.6 is 0 Å². The summed E-state index contributed by atoms with van der Waals surface area (Å²) in [6.07, 6.45) is 5.54. The molecule has 0 aliphatic heterocycles. The highest BCUT2D eigenvalue weighted by atomic mass is 16.5. The lowest BCUT2D eigenvalue weighted by molar-refractivity contribution is -0.143. The minimum Gasteiger partial charge on any atom is -0.469 e. The summed E-state index contributed by atoms with van der Waals surface area (Å²) in [4.78, 5) is 22.3. The third kappa shape index (κ3) is 16.0. The van der Waals surface area contributed by atoms with Crippen molar-refractivity contribution in [2.75, 3.05) is 13.7 Å². The maximum atomic E-state index is 11.4. The van der Waals surface area contributed by atoms with E-state index in [0.29, 0.717) is 19.3 Å². The summed E-state index contributed by atoms with van der Waals surface area (Å²) in [6, 6.07) is 0. The molecular formula is C21H38O5. The van der Waals surface area contributed by atoms with E-state index in [4.69, 9.17) is 5.11 Å². The highest BCUT2D eigenvalue weighted by molar-refractivity contribution is 5.86. The minimum atomic E-state index is -0.331. The Hall–Kier alpha value is -1.46. The van der Waals surface area contributed by atoms with Gasteiger partial charge in [-0.05, 0) is 46.5 Å². The van der Waals surface area contributed by atoms with Crippen LogP contribution in [0.1, 0.15) is 67.2 Å². The molecule has 0 spiro atoms. The summed E-state index contributed by atoms with van der Waals surface area (Å²) in [6.45, 7) is 11.8. The molecule has 5 nitrogen and oxygen atoms in total. The molecule has 0 aromatic heterocycles. The van der Waals surface area contributed by atoms with E-state index in [1.165, 1.54) is 12.7 Å². The molecule has 0 radical (unpaired) electrons. The van der Waals surface area contributed by atoms with Crippen molar-refractivity contribution in [3.05, 3.63) is 23.3 Å². The number of esters is 1. The Balaban J connectivity index is 0. The van der Waals surface area contributed by atoms with Crippen molar-refractivity contribution in [2.24, 2.45) is 11.8 Å². The maximum absolute atomic E-state index is 11.4. The molecule has 0 saturated carbocycles. The lowest BCUT2D eigenvalue weighted by Crippen LogP contribution is -2.17. The van der Waals surface area contributed by atoms with Crippen LogP contribution in [-0.4, -0.2) is 41.8 Å². The minimum absolute atomic E-state index is 0.0802. The largest absolute Gasteiger partial charge is 0.469 e. The fraction of sp³-hybridized carbons (Fsp3) is 0.714. The van der Waals surface area contributed by atoms with Gasteiger partial charge in [-0.2, -0.15) is 0 Å². The number of hydrogen-bond donors (Lipinski definition) is 2. The van der Waals surface area contributed by atoms with Gasteiger partial charge in [0.2, 0.25) is 0 Å². The molecule has 0 saturated heterocycles. The molecular weight excluding hydrogens is 332 g/mol. The molecule has 152 valence electrons. The smallest absolute Gasteiger partial charge is 0.306 e. The van der Waals surface area contributed by atoms with Crippen LogP contribution in [0, 0.1) is 11.8 Å². The van der Waals surface area contributed by atoms with Gasteiger partial charge in [0.15, 0.2) is 0 Å². The van der Waals surface area contributed by atoms with Crippen LogP contribution in [0.3, 0.4) is 0 Å². The molecule has 0 rings (SSSR count). The van der Waals surface area contributed by atoms with Crippen LogP contribution in [0.25, 0.3) is 0 Å². The van der Waals surface area contributed by atoms with Gasteiger partial charge in [-0.15, -0.1) is 0 Å². The fourth-order valence-corrected chi connectivity index (χ4v) is 1.94. The first kappa shape index (κ1) is 26.8. The molecule has 0 aromatic carbocycles. The highest BCUT2D eigenvalue weighted by Gasteiger charge is 2.15. The predicted octanol–water partition coefficient (Wildman–Crippen LogP) is 3.83. The van der Waals surface area contributed by atoms with E-state index < -0.39 is 0 Å². The summed E-state index contributed by atoms with van der Waals surface area (Å²) >= 11 is 0. The molecule has 0 aliphatic carbocycles. The average molecular weight is 371 g/mol. The van der Waals surface area contributed by atoms with Gasteiger partial charge < -0.3 is 14.9 Å². The van der Waals surface area contributed by atoms with Crippen molar-refractivity contribution in [2.45, 2.75) is 73.3 Å². The number of ketones is 1. The molecule has 0 fully saturated rings. The zero-order chi connectivity index (χ0) is 20.7. The van der Waals surface area contributed by atoms with Crippen LogP contribution in [-0.2, 0) is 14.3 Å². The summed E-state index contributed by atoms with van der Waals surface area (Å²) < 4.78 is 4.49. The first-order valence-electron chi connectivity index (χ1n) is 9.20. The Kier molecular flexibility index (Phi) is 16.2. The molecule has 0 amide bonds. The SMILES string of the molecule is CC(C)=CCC(O)C(C)CCO.COC(=O)CC(C)C(=O)CC=C(C)C. The van der Waals surface area contributed by atoms with Gasteiger partial charge >= 0.3 is 5.97 Å². The molecule has 3 atom stereocenters. The third-order valence-corrected chi connectivity index (χ3v) is 3.97. The van der Waals surface area contributed by atoms with E-state index >= 15 is 0 Å². The standard InChI is InChI=1S/C11H18O3.C10H20O2/c1-8(2)5-6-10(12)9(3)7-11(13)14-4;1-8(2)4-5-10(12)9(3)6-7-11/h5,9H,6-7H2,1-4H3;4,9-12H,5-7H2,1-3H3. The van der Waals surface area contributed by atoms with Gasteiger partial charge in [0.25, 0.3) is 0 Å². The molecule has 26 heavy (non-hydrogen) atoms. The zero-order valence-electron chi connectivity index (χ0n) is 17.5. The van der Waals surface area contributed by atoms with Gasteiger partial charge in [-0.25, -0.2) is 0 Å². The first-order valence-corrected chi connectivity index (χ1v) is 9.20.